The molecule has 0 radical (unpaired) electrons. The van der Waals surface area contributed by atoms with Crippen LogP contribution in [-0.4, -0.2) is 115 Å². The van der Waals surface area contributed by atoms with E-state index < -0.39 is 47.5 Å². The fourth-order valence-electron chi connectivity index (χ4n) is 8.34. The van der Waals surface area contributed by atoms with Gasteiger partial charge in [0.2, 0.25) is 17.5 Å². The number of rotatable bonds is 7. The van der Waals surface area contributed by atoms with E-state index in [1.807, 2.05) is 49.5 Å². The zero-order valence-electron chi connectivity index (χ0n) is 28.4. The molecule has 51 heavy (non-hydrogen) atoms. The molecule has 0 bridgehead atoms. The number of benzene rings is 2. The summed E-state index contributed by atoms with van der Waals surface area (Å²) in [6, 6.07) is 14.1. The van der Waals surface area contributed by atoms with Gasteiger partial charge < -0.3 is 30.5 Å². The summed E-state index contributed by atoms with van der Waals surface area (Å²) in [7, 11) is 2.02. The highest BCUT2D eigenvalue weighted by molar-refractivity contribution is 6.01. The summed E-state index contributed by atoms with van der Waals surface area (Å²) in [6.07, 6.45) is 5.79. The van der Waals surface area contributed by atoms with E-state index in [9.17, 15) is 29.1 Å². The van der Waals surface area contributed by atoms with Crippen LogP contribution in [0.1, 0.15) is 49.3 Å². The van der Waals surface area contributed by atoms with Gasteiger partial charge >= 0.3 is 11.9 Å². The van der Waals surface area contributed by atoms with Crippen LogP contribution < -0.4 is 5.32 Å². The summed E-state index contributed by atoms with van der Waals surface area (Å²) in [5, 5.41) is 31.9. The number of piperazine rings is 1. The number of aliphatic hydroxyl groups is 1. The number of likely N-dealkylation sites (N-methyl/N-ethyl adjacent to an activating group) is 1. The van der Waals surface area contributed by atoms with Crippen molar-refractivity contribution in [3.8, 4) is 0 Å². The van der Waals surface area contributed by atoms with E-state index in [1.54, 1.807) is 4.90 Å². The molecule has 1 aliphatic carbocycles. The molecule has 14 heteroatoms. The number of carbonyl (C=O) groups is 5. The number of aromatic nitrogens is 1. The Morgan fingerprint density at radius 1 is 1.04 bits per heavy atom. The first kappa shape index (κ1) is 34.4. The molecule has 2 aromatic carbocycles. The first-order valence-corrected chi connectivity index (χ1v) is 17.2. The number of carbonyl (C=O) groups excluding carboxylic acids is 3. The molecule has 5 N–H and O–H groups in total. The van der Waals surface area contributed by atoms with Crippen molar-refractivity contribution in [3.63, 3.8) is 0 Å². The van der Waals surface area contributed by atoms with E-state index >= 15 is 0 Å². The number of carboxylic acid groups (broad SMARTS) is 2. The van der Waals surface area contributed by atoms with Gasteiger partial charge in [-0.3, -0.25) is 38.5 Å². The quantitative estimate of drug-likeness (QED) is 0.243. The number of amides is 3. The predicted molar refractivity (Wildman–Crippen MR) is 182 cm³/mol. The molecule has 3 aromatic rings. The summed E-state index contributed by atoms with van der Waals surface area (Å²) in [5.41, 5.74) is 3.58. The number of carboxylic acids is 2. The van der Waals surface area contributed by atoms with Gasteiger partial charge in [-0.05, 0) is 61.6 Å². The lowest BCUT2D eigenvalue weighted by Crippen LogP contribution is -2.71. The molecule has 8 rings (SSSR count). The number of nitrogens with one attached hydrogen (secondary N) is 2. The molecule has 3 saturated heterocycles. The topological polar surface area (TPSA) is 193 Å². The normalized spacial score (nSPS) is 29.4. The Bertz CT molecular complexity index is 1930. The molecule has 5 heterocycles. The maximum absolute atomic E-state index is 14.2. The number of hydrogen-bond donors (Lipinski definition) is 5. The molecule has 0 spiro atoms. The molecule has 4 aliphatic heterocycles. The Labute approximate surface area is 293 Å². The monoisotopic (exact) mass is 699 g/mol. The summed E-state index contributed by atoms with van der Waals surface area (Å²) >= 11 is 0. The van der Waals surface area contributed by atoms with Crippen molar-refractivity contribution < 1.29 is 44.0 Å². The van der Waals surface area contributed by atoms with Crippen LogP contribution in [0.25, 0.3) is 16.5 Å². The SMILES string of the molecule is CN1C[C@H](C(=O)N[C@]2(C)O[C@@]3(O)[C@@H]4CCCN4C(=O)[C@H](Cc4ccccc4)N3C2=O)C=C2c3cccc4[nH]cc(c34)C[C@H]21.O=C(O)CCC(=O)O. The molecule has 5 aliphatic rings. The van der Waals surface area contributed by atoms with Crippen molar-refractivity contribution in [3.05, 3.63) is 77.5 Å². The Hall–Kier alpha value is -5.05. The highest BCUT2D eigenvalue weighted by Crippen LogP contribution is 2.46. The van der Waals surface area contributed by atoms with Crippen LogP contribution in [0.5, 0.6) is 0 Å². The number of ether oxygens (including phenoxy) is 1. The van der Waals surface area contributed by atoms with Gasteiger partial charge in [-0.2, -0.15) is 0 Å². The van der Waals surface area contributed by atoms with Gasteiger partial charge in [-0.1, -0.05) is 48.5 Å². The molecule has 14 nitrogen and oxygen atoms in total. The molecule has 1 aromatic heterocycles. The van der Waals surface area contributed by atoms with Gasteiger partial charge in [0.25, 0.3) is 11.8 Å². The Morgan fingerprint density at radius 3 is 2.47 bits per heavy atom. The van der Waals surface area contributed by atoms with Crippen LogP contribution in [0.2, 0.25) is 0 Å². The Kier molecular flexibility index (Phi) is 8.72. The predicted octanol–water partition coefficient (Wildman–Crippen LogP) is 1.93. The van der Waals surface area contributed by atoms with Crippen molar-refractivity contribution in [2.45, 2.75) is 75.2 Å². The fourth-order valence-corrected chi connectivity index (χ4v) is 8.34. The zero-order valence-corrected chi connectivity index (χ0v) is 28.4. The van der Waals surface area contributed by atoms with Crippen molar-refractivity contribution in [2.24, 2.45) is 5.92 Å². The van der Waals surface area contributed by atoms with Crippen LogP contribution in [0.4, 0.5) is 0 Å². The van der Waals surface area contributed by atoms with Gasteiger partial charge in [0.15, 0.2) is 0 Å². The third-order valence-corrected chi connectivity index (χ3v) is 10.7. The Balaban J connectivity index is 0.000000457. The number of aliphatic carboxylic acids is 2. The van der Waals surface area contributed by atoms with Crippen LogP contribution in [0, 0.1) is 5.92 Å². The summed E-state index contributed by atoms with van der Waals surface area (Å²) < 4.78 is 6.23. The number of H-pyrrole nitrogens is 1. The average Bonchev–Trinajstić information content (AvgIpc) is 3.81. The summed E-state index contributed by atoms with van der Waals surface area (Å²) in [6.45, 7) is 2.45. The van der Waals surface area contributed by atoms with E-state index in [0.717, 1.165) is 28.6 Å². The lowest BCUT2D eigenvalue weighted by Gasteiger charge is -2.48. The average molecular weight is 700 g/mol. The third kappa shape index (κ3) is 5.96. The Morgan fingerprint density at radius 2 is 1.76 bits per heavy atom. The highest BCUT2D eigenvalue weighted by Gasteiger charge is 2.70. The number of nitrogens with zero attached hydrogens (tertiary/aromatic N) is 3. The molecule has 0 saturated carbocycles. The van der Waals surface area contributed by atoms with Crippen molar-refractivity contribution in [1.82, 2.24) is 25.0 Å². The summed E-state index contributed by atoms with van der Waals surface area (Å²) in [4.78, 5) is 69.5. The lowest BCUT2D eigenvalue weighted by atomic mass is 9.79. The van der Waals surface area contributed by atoms with Gasteiger partial charge in [0.05, 0.1) is 18.8 Å². The van der Waals surface area contributed by atoms with E-state index in [2.05, 4.69) is 33.5 Å². The van der Waals surface area contributed by atoms with E-state index in [1.165, 1.54) is 22.8 Å². The van der Waals surface area contributed by atoms with E-state index in [-0.39, 0.29) is 37.1 Å². The van der Waals surface area contributed by atoms with Gasteiger partial charge in [0, 0.05) is 42.7 Å². The van der Waals surface area contributed by atoms with E-state index in [0.29, 0.717) is 25.9 Å². The second kappa shape index (κ2) is 12.9. The maximum Gasteiger partial charge on any atom is 0.303 e. The first-order valence-electron chi connectivity index (χ1n) is 17.2. The molecular weight excluding hydrogens is 658 g/mol. The van der Waals surface area contributed by atoms with Crippen molar-refractivity contribution >= 4 is 46.1 Å². The van der Waals surface area contributed by atoms with Crippen molar-refractivity contribution in [1.29, 1.82) is 0 Å². The van der Waals surface area contributed by atoms with Crippen LogP contribution in [-0.2, 0) is 41.6 Å². The number of fused-ring (bicyclic) bond motifs is 5. The molecule has 3 fully saturated rings. The molecule has 6 atom stereocenters. The standard InChI is InChI=1S/C33H35N5O5.C4H6O4/c1-32(35-29(39)21-15-23-22-10-6-11-24-28(22)20(17-34-24)16-25(23)36(2)18-21)31(41)38-26(14-19-8-4-3-5-9-19)30(40)37-13-7-12-27(37)33(38,42)43-32;5-3(6)1-2-4(7)8/h3-6,8-11,15,17,21,25-27,34,42H,7,12-14,16,18H2,1-2H3,(H,35,39);1-2H2,(H,5,6)(H,7,8)/t21-,25-,26+,27+,32-,33+;/m1./s1. The first-order chi connectivity index (χ1) is 24.3. The minimum atomic E-state index is -2.04. The highest BCUT2D eigenvalue weighted by atomic mass is 16.7. The van der Waals surface area contributed by atoms with Gasteiger partial charge in [-0.15, -0.1) is 0 Å². The molecule has 0 unspecified atom stereocenters. The van der Waals surface area contributed by atoms with Gasteiger partial charge in [-0.25, -0.2) is 0 Å². The third-order valence-electron chi connectivity index (χ3n) is 10.7. The number of aromatic amines is 1. The molecular formula is C37H41N5O9. The second-order valence-corrected chi connectivity index (χ2v) is 14.1. The van der Waals surface area contributed by atoms with Crippen LogP contribution >= 0.6 is 0 Å². The number of hydrogen-bond acceptors (Lipinski definition) is 8. The maximum atomic E-state index is 14.2. The van der Waals surface area contributed by atoms with Crippen molar-refractivity contribution in [2.75, 3.05) is 20.1 Å². The zero-order chi connectivity index (χ0) is 36.2. The van der Waals surface area contributed by atoms with Gasteiger partial charge in [0.1, 0.15) is 12.1 Å². The summed E-state index contributed by atoms with van der Waals surface area (Å²) in [5.74, 6) is -5.92. The second-order valence-electron chi connectivity index (χ2n) is 14.1. The smallest absolute Gasteiger partial charge is 0.303 e. The molecule has 3 amide bonds. The lowest BCUT2D eigenvalue weighted by molar-refractivity contribution is -0.315. The largest absolute Gasteiger partial charge is 0.481 e. The molecule has 268 valence electrons. The fraction of sp³-hybridized carbons (Fsp3) is 0.432. The van der Waals surface area contributed by atoms with Crippen LogP contribution in [0.3, 0.4) is 0 Å². The minimum Gasteiger partial charge on any atom is -0.481 e. The van der Waals surface area contributed by atoms with E-state index in [4.69, 9.17) is 14.9 Å². The minimum absolute atomic E-state index is 0.144. The van der Waals surface area contributed by atoms with Crippen LogP contribution in [0.15, 0.2) is 60.8 Å².